The Balaban J connectivity index is 5.41. The van der Waals surface area contributed by atoms with E-state index in [2.05, 4.69) is 119 Å². The van der Waals surface area contributed by atoms with E-state index in [-0.39, 0.29) is 25.7 Å². The summed E-state index contributed by atoms with van der Waals surface area (Å²) in [5.74, 6) is -2.27. The fraction of sp³-hybridized carbons (Fsp3) is 0.741. The number of phosphoric acid groups is 2. The molecule has 0 bridgehead atoms. The van der Waals surface area contributed by atoms with E-state index in [9.17, 15) is 43.2 Å². The minimum absolute atomic E-state index is 0.0313. The molecule has 0 aromatic carbocycles. The van der Waals surface area contributed by atoms with Crippen molar-refractivity contribution in [2.24, 2.45) is 0 Å². The molecular formula is C85H148O17P2. The van der Waals surface area contributed by atoms with E-state index < -0.39 is 97.5 Å². The highest BCUT2D eigenvalue weighted by Crippen LogP contribution is 2.45. The number of esters is 4. The third-order valence-electron chi connectivity index (χ3n) is 17.3. The molecule has 5 unspecified atom stereocenters. The number of hydrogen-bond acceptors (Lipinski definition) is 15. The molecule has 0 spiro atoms. The first-order valence-electron chi connectivity index (χ1n) is 41.1. The summed E-state index contributed by atoms with van der Waals surface area (Å²) in [4.78, 5) is 73.1. The number of rotatable bonds is 77. The van der Waals surface area contributed by atoms with Crippen LogP contribution in [0.25, 0.3) is 0 Å². The van der Waals surface area contributed by atoms with Crippen LogP contribution >= 0.6 is 15.6 Å². The number of aliphatic hydroxyl groups is 1. The van der Waals surface area contributed by atoms with Crippen molar-refractivity contribution < 1.29 is 80.2 Å². The lowest BCUT2D eigenvalue weighted by Crippen LogP contribution is -2.30. The van der Waals surface area contributed by atoms with Crippen molar-refractivity contribution in [2.45, 2.75) is 367 Å². The first-order valence-corrected chi connectivity index (χ1v) is 44.1. The van der Waals surface area contributed by atoms with Crippen molar-refractivity contribution in [1.29, 1.82) is 0 Å². The van der Waals surface area contributed by atoms with Gasteiger partial charge in [-0.2, -0.15) is 0 Å². The third-order valence-corrected chi connectivity index (χ3v) is 19.2. The molecule has 0 saturated carbocycles. The highest BCUT2D eigenvalue weighted by Gasteiger charge is 2.30. The molecule has 0 aliphatic carbocycles. The monoisotopic (exact) mass is 1500 g/mol. The number of carbonyl (C=O) groups is 4. The molecule has 104 heavy (non-hydrogen) atoms. The maximum absolute atomic E-state index is 13.1. The molecule has 3 N–H and O–H groups in total. The van der Waals surface area contributed by atoms with Crippen molar-refractivity contribution in [3.05, 3.63) is 109 Å². The normalized spacial score (nSPS) is 14.4. The summed E-state index contributed by atoms with van der Waals surface area (Å²) in [6.45, 7) is 4.61. The van der Waals surface area contributed by atoms with Crippen molar-refractivity contribution in [3.8, 4) is 0 Å². The fourth-order valence-corrected chi connectivity index (χ4v) is 12.7. The van der Waals surface area contributed by atoms with Crippen LogP contribution in [-0.4, -0.2) is 96.7 Å². The quantitative estimate of drug-likeness (QED) is 0.0169. The van der Waals surface area contributed by atoms with Crippen molar-refractivity contribution in [3.63, 3.8) is 0 Å². The molecule has 0 radical (unpaired) electrons. The van der Waals surface area contributed by atoms with Gasteiger partial charge in [0.05, 0.1) is 26.4 Å². The number of carbonyl (C=O) groups excluding carboxylic acids is 4. The minimum atomic E-state index is -5.00. The van der Waals surface area contributed by atoms with Crippen LogP contribution in [0.3, 0.4) is 0 Å². The average Bonchev–Trinajstić information content (AvgIpc) is 0.918. The Hall–Kier alpha value is -4.28. The molecule has 19 heteroatoms. The average molecular weight is 1500 g/mol. The maximum Gasteiger partial charge on any atom is 0.472 e. The molecule has 0 heterocycles. The largest absolute Gasteiger partial charge is 0.472 e. The SMILES string of the molecule is CC/C=C\C/C=C\C/C=C\C/C=C\C/C=C\C/C=C\CCC(=O)OCC(COP(=O)(O)OCC(O)COP(=O)(O)OCC(COC(=O)CCCCCCCCCCCCCCCCC)OC(=O)CCCCCCCCCCCCCCCCC)OC(=O)CCCCCCC/C=C\C/C=C\C/C=C\CC. The van der Waals surface area contributed by atoms with Crippen molar-refractivity contribution in [2.75, 3.05) is 39.6 Å². The van der Waals surface area contributed by atoms with Crippen molar-refractivity contribution >= 4 is 39.5 Å². The number of unbranched alkanes of at least 4 members (excludes halogenated alkanes) is 33. The lowest BCUT2D eigenvalue weighted by molar-refractivity contribution is -0.161. The van der Waals surface area contributed by atoms with E-state index >= 15 is 0 Å². The van der Waals surface area contributed by atoms with Gasteiger partial charge in [-0.05, 0) is 96.3 Å². The molecule has 0 aliphatic heterocycles. The molecule has 0 aromatic heterocycles. The molecular weight excluding hydrogens is 1350 g/mol. The Morgan fingerprint density at radius 3 is 0.827 bits per heavy atom. The van der Waals surface area contributed by atoms with E-state index in [4.69, 9.17) is 37.0 Å². The van der Waals surface area contributed by atoms with Crippen LogP contribution < -0.4 is 0 Å². The zero-order valence-corrected chi connectivity index (χ0v) is 67.5. The summed E-state index contributed by atoms with van der Waals surface area (Å²) in [6, 6.07) is 0. The lowest BCUT2D eigenvalue weighted by atomic mass is 10.0. The molecule has 600 valence electrons. The second kappa shape index (κ2) is 76.9. The van der Waals surface area contributed by atoms with Gasteiger partial charge in [0.1, 0.15) is 19.3 Å². The summed E-state index contributed by atoms with van der Waals surface area (Å²) in [6.07, 6.45) is 83.6. The topological polar surface area (TPSA) is 237 Å². The number of ether oxygens (including phenoxy) is 4. The van der Waals surface area contributed by atoms with E-state index in [0.29, 0.717) is 32.1 Å². The van der Waals surface area contributed by atoms with Crippen LogP contribution in [0.15, 0.2) is 109 Å². The Labute approximate surface area is 632 Å². The van der Waals surface area contributed by atoms with Crippen LogP contribution in [0, 0.1) is 0 Å². The highest BCUT2D eigenvalue weighted by molar-refractivity contribution is 7.47. The van der Waals surface area contributed by atoms with Gasteiger partial charge >= 0.3 is 39.5 Å². The zero-order valence-electron chi connectivity index (χ0n) is 65.7. The Kier molecular flexibility index (Phi) is 73.7. The first-order chi connectivity index (χ1) is 50.7. The highest BCUT2D eigenvalue weighted by atomic mass is 31.2. The van der Waals surface area contributed by atoms with Gasteiger partial charge in [-0.3, -0.25) is 37.3 Å². The minimum Gasteiger partial charge on any atom is -0.462 e. The van der Waals surface area contributed by atoms with E-state index in [1.165, 1.54) is 135 Å². The van der Waals surface area contributed by atoms with Crippen LogP contribution in [0.4, 0.5) is 0 Å². The Morgan fingerprint density at radius 2 is 0.519 bits per heavy atom. The number of allylic oxidation sites excluding steroid dienone is 18. The van der Waals surface area contributed by atoms with Crippen LogP contribution in [0.1, 0.15) is 349 Å². The maximum atomic E-state index is 13.1. The Morgan fingerprint density at radius 1 is 0.279 bits per heavy atom. The third kappa shape index (κ3) is 75.9. The summed E-state index contributed by atoms with van der Waals surface area (Å²) in [5, 5.41) is 10.6. The molecule has 17 nitrogen and oxygen atoms in total. The van der Waals surface area contributed by atoms with E-state index in [0.717, 1.165) is 128 Å². The predicted octanol–water partition coefficient (Wildman–Crippen LogP) is 24.1. The van der Waals surface area contributed by atoms with Crippen molar-refractivity contribution in [1.82, 2.24) is 0 Å². The van der Waals surface area contributed by atoms with Crippen LogP contribution in [0.5, 0.6) is 0 Å². The van der Waals surface area contributed by atoms with Gasteiger partial charge in [0.2, 0.25) is 0 Å². The van der Waals surface area contributed by atoms with Gasteiger partial charge in [-0.15, -0.1) is 0 Å². The van der Waals surface area contributed by atoms with Gasteiger partial charge in [0.15, 0.2) is 12.2 Å². The van der Waals surface area contributed by atoms with Crippen LogP contribution in [-0.2, 0) is 65.4 Å². The molecule has 0 saturated heterocycles. The van der Waals surface area contributed by atoms with Gasteiger partial charge in [0, 0.05) is 25.7 Å². The van der Waals surface area contributed by atoms with Gasteiger partial charge in [0.25, 0.3) is 0 Å². The summed E-state index contributed by atoms with van der Waals surface area (Å²) < 4.78 is 68.6. The predicted molar refractivity (Wildman–Crippen MR) is 427 cm³/mol. The molecule has 0 fully saturated rings. The first kappa shape index (κ1) is 99.7. The smallest absolute Gasteiger partial charge is 0.462 e. The van der Waals surface area contributed by atoms with Gasteiger partial charge in [-0.25, -0.2) is 9.13 Å². The van der Waals surface area contributed by atoms with Crippen LogP contribution in [0.2, 0.25) is 0 Å². The number of phosphoric ester groups is 2. The zero-order chi connectivity index (χ0) is 76.0. The molecule has 0 amide bonds. The molecule has 0 aliphatic rings. The Bertz CT molecular complexity index is 2390. The molecule has 0 aromatic rings. The van der Waals surface area contributed by atoms with E-state index in [1.54, 1.807) is 0 Å². The molecule has 0 rings (SSSR count). The second-order valence-electron chi connectivity index (χ2n) is 27.3. The fourth-order valence-electron chi connectivity index (χ4n) is 11.1. The van der Waals surface area contributed by atoms with Gasteiger partial charge in [-0.1, -0.05) is 336 Å². The summed E-state index contributed by atoms with van der Waals surface area (Å²) in [7, 11) is -9.98. The second-order valence-corrected chi connectivity index (χ2v) is 30.2. The lowest BCUT2D eigenvalue weighted by Gasteiger charge is -2.21. The summed E-state index contributed by atoms with van der Waals surface area (Å²) in [5.41, 5.74) is 0. The standard InChI is InChI=1S/C85H148O17P2/c1-5-9-13-17-21-25-29-33-37-38-39-40-44-46-50-54-58-62-66-70-83(88)96-76-81(102-85(90)72-68-64-60-56-52-48-43-36-32-28-24-20-16-12-8-4)78-100-104(93,94)98-74-79(86)73-97-103(91,92)99-77-80(101-84(89)71-67-63-59-55-51-47-42-35-31-27-23-19-15-11-7-3)75-95-82(87)69-65-61-57-53-49-45-41-34-30-26-22-18-14-10-6-2/h9,12-13,16,21,24-25,28,33,36-37,39-40,43,46,50,58,62,79-81,86H,5-8,10-11,14-15,17-20,22-23,26-27,29-32,34-35,38,41-42,44-45,47-49,51-57,59-61,63-78H2,1-4H3,(H,91,92)(H,93,94)/b13-9-,16-12-,25-21-,28-24-,37-33-,40-39-,43-36-,50-46-,62-58-. The number of aliphatic hydroxyl groups excluding tert-OH is 1. The van der Waals surface area contributed by atoms with Gasteiger partial charge < -0.3 is 33.8 Å². The summed E-state index contributed by atoms with van der Waals surface area (Å²) >= 11 is 0. The molecule has 5 atom stereocenters. The van der Waals surface area contributed by atoms with E-state index in [1.807, 2.05) is 18.2 Å². The number of hydrogen-bond donors (Lipinski definition) is 3.